The third kappa shape index (κ3) is 9.12. The van der Waals surface area contributed by atoms with Gasteiger partial charge in [0.15, 0.2) is 0 Å². The lowest BCUT2D eigenvalue weighted by Crippen LogP contribution is -2.41. The number of carbonyl (C=O) groups excluding carboxylic acids is 4. The minimum absolute atomic E-state index is 0.216. The van der Waals surface area contributed by atoms with Crippen molar-refractivity contribution in [1.82, 2.24) is 28.8 Å². The van der Waals surface area contributed by atoms with E-state index in [1.165, 1.54) is 11.3 Å². The van der Waals surface area contributed by atoms with Gasteiger partial charge in [-0.2, -0.15) is 0 Å². The number of carbonyl (C=O) groups is 4. The van der Waals surface area contributed by atoms with Crippen LogP contribution in [0.5, 0.6) is 0 Å². The van der Waals surface area contributed by atoms with Crippen molar-refractivity contribution in [3.8, 4) is 0 Å². The number of hydrogen-bond donors (Lipinski definition) is 4. The van der Waals surface area contributed by atoms with Crippen LogP contribution in [0.1, 0.15) is 41.1 Å². The second-order valence-corrected chi connectivity index (χ2v) is 15.0. The normalized spacial score (nSPS) is 15.3. The maximum absolute atomic E-state index is 13.6. The van der Waals surface area contributed by atoms with Crippen LogP contribution < -0.4 is 21.3 Å². The minimum atomic E-state index is -0.429. The zero-order valence-electron chi connectivity index (χ0n) is 30.7. The molecule has 0 unspecified atom stereocenters. The quantitative estimate of drug-likeness (QED) is 0.139. The Morgan fingerprint density at radius 3 is 1.80 bits per heavy atom. The van der Waals surface area contributed by atoms with Gasteiger partial charge in [0.2, 0.25) is 0 Å². The number of hydrogen-bond acceptors (Lipinski definition) is 9. The Hall–Kier alpha value is -4.97. The highest BCUT2D eigenvalue weighted by atomic mass is 35.5. The predicted octanol–water partition coefficient (Wildman–Crippen LogP) is 4.18. The zero-order valence-corrected chi connectivity index (χ0v) is 32.3. The standard InChI is InChI=1S/C38H44ClN9O6S/c1-44-22-25(41-36(50)30-20-26(23-45(30)2)43-38(52)34-33(39)28-5-3-4-6-32(28)55-34)19-29(44)37(51)42-27-21-31(35(49)40-7-8-46-11-15-53-16-12-46)48(24-27)10-9-47-13-17-54-18-14-47/h3-6,19-24H,7-18H2,1-2H3,(H,40,49)(H,41,50)(H,42,51)(H,43,52). The number of ether oxygens (including phenoxy) is 2. The summed E-state index contributed by atoms with van der Waals surface area (Å²) in [5.41, 5.74) is 2.36. The molecule has 15 nitrogen and oxygen atoms in total. The molecule has 2 aliphatic heterocycles. The number of aromatic nitrogens is 3. The molecule has 0 aliphatic carbocycles. The molecule has 0 saturated carbocycles. The molecule has 6 heterocycles. The highest BCUT2D eigenvalue weighted by molar-refractivity contribution is 7.21. The maximum atomic E-state index is 13.6. The van der Waals surface area contributed by atoms with Gasteiger partial charge in [-0.25, -0.2) is 0 Å². The number of morpholine rings is 2. The molecule has 290 valence electrons. The molecule has 0 radical (unpaired) electrons. The van der Waals surface area contributed by atoms with E-state index in [0.717, 1.165) is 49.4 Å². The Labute approximate surface area is 327 Å². The number of benzene rings is 1. The van der Waals surface area contributed by atoms with Crippen LogP contribution in [0.25, 0.3) is 10.1 Å². The maximum Gasteiger partial charge on any atom is 0.272 e. The molecular weight excluding hydrogens is 746 g/mol. The number of rotatable bonds is 13. The molecule has 2 aliphatic rings. The van der Waals surface area contributed by atoms with Crippen molar-refractivity contribution in [2.75, 3.05) is 88.2 Å². The topological polar surface area (TPSA) is 156 Å². The van der Waals surface area contributed by atoms with Gasteiger partial charge in [0, 0.05) is 95.1 Å². The Bertz CT molecular complexity index is 2190. The van der Waals surface area contributed by atoms with Gasteiger partial charge in [-0.1, -0.05) is 29.8 Å². The molecule has 4 N–H and O–H groups in total. The molecule has 1 aromatic carbocycles. The van der Waals surface area contributed by atoms with Gasteiger partial charge in [0.1, 0.15) is 22.0 Å². The fourth-order valence-electron chi connectivity index (χ4n) is 6.73. The van der Waals surface area contributed by atoms with Crippen LogP contribution in [0.2, 0.25) is 5.02 Å². The molecule has 0 spiro atoms. The average molecular weight is 790 g/mol. The number of thiophene rings is 1. The van der Waals surface area contributed by atoms with Gasteiger partial charge < -0.3 is 44.4 Å². The zero-order chi connectivity index (χ0) is 38.5. The monoisotopic (exact) mass is 789 g/mol. The van der Waals surface area contributed by atoms with Gasteiger partial charge in [-0.15, -0.1) is 11.3 Å². The van der Waals surface area contributed by atoms with E-state index in [1.54, 1.807) is 60.0 Å². The molecule has 7 rings (SSSR count). The molecule has 0 bridgehead atoms. The van der Waals surface area contributed by atoms with Crippen molar-refractivity contribution in [3.63, 3.8) is 0 Å². The number of nitrogens with one attached hydrogen (secondary N) is 4. The van der Waals surface area contributed by atoms with Crippen molar-refractivity contribution in [3.05, 3.63) is 88.0 Å². The summed E-state index contributed by atoms with van der Waals surface area (Å²) in [5.74, 6) is -1.42. The van der Waals surface area contributed by atoms with E-state index in [4.69, 9.17) is 21.1 Å². The lowest BCUT2D eigenvalue weighted by atomic mass is 10.2. The van der Waals surface area contributed by atoms with Gasteiger partial charge in [0.05, 0.1) is 48.5 Å². The van der Waals surface area contributed by atoms with Crippen LogP contribution in [0.15, 0.2) is 61.1 Å². The lowest BCUT2D eigenvalue weighted by molar-refractivity contribution is 0.0362. The number of fused-ring (bicyclic) bond motifs is 1. The fourth-order valence-corrected chi connectivity index (χ4v) is 8.14. The van der Waals surface area contributed by atoms with Gasteiger partial charge in [-0.05, 0) is 24.3 Å². The summed E-state index contributed by atoms with van der Waals surface area (Å²) in [5, 5.41) is 12.9. The summed E-state index contributed by atoms with van der Waals surface area (Å²) in [4.78, 5) is 58.4. The van der Waals surface area contributed by atoms with E-state index in [2.05, 4.69) is 31.1 Å². The minimum Gasteiger partial charge on any atom is -0.379 e. The Kier molecular flexibility index (Phi) is 12.0. The molecule has 0 atom stereocenters. The first-order valence-corrected chi connectivity index (χ1v) is 19.3. The van der Waals surface area contributed by atoms with Crippen molar-refractivity contribution >= 4 is 73.7 Å². The second kappa shape index (κ2) is 17.2. The van der Waals surface area contributed by atoms with Crippen LogP contribution in [-0.2, 0) is 30.1 Å². The summed E-state index contributed by atoms with van der Waals surface area (Å²) in [6.07, 6.45) is 5.06. The SMILES string of the molecule is Cn1cc(NC(=O)c2sc3ccccc3c2Cl)cc1C(=O)Nc1cc(C(=O)Nc2cc(C(=O)NCCN3CCOCC3)n(CCN3CCOCC3)c2)n(C)c1. The van der Waals surface area contributed by atoms with Gasteiger partial charge in [-0.3, -0.25) is 29.0 Å². The van der Waals surface area contributed by atoms with E-state index >= 15 is 0 Å². The largest absolute Gasteiger partial charge is 0.379 e. The lowest BCUT2D eigenvalue weighted by Gasteiger charge is -2.27. The summed E-state index contributed by atoms with van der Waals surface area (Å²) >= 11 is 7.80. The van der Waals surface area contributed by atoms with Crippen molar-refractivity contribution in [2.45, 2.75) is 6.54 Å². The number of nitrogens with zero attached hydrogens (tertiary/aromatic N) is 5. The first-order chi connectivity index (χ1) is 26.6. The Balaban J connectivity index is 0.990. The van der Waals surface area contributed by atoms with Crippen LogP contribution in [0, 0.1) is 0 Å². The average Bonchev–Trinajstić information content (AvgIpc) is 3.95. The molecule has 2 saturated heterocycles. The van der Waals surface area contributed by atoms with Crippen LogP contribution in [-0.4, -0.2) is 119 Å². The first-order valence-electron chi connectivity index (χ1n) is 18.2. The van der Waals surface area contributed by atoms with E-state index in [-0.39, 0.29) is 11.8 Å². The summed E-state index contributed by atoms with van der Waals surface area (Å²) < 4.78 is 16.9. The van der Waals surface area contributed by atoms with Crippen molar-refractivity contribution in [1.29, 1.82) is 0 Å². The molecule has 5 aromatic rings. The van der Waals surface area contributed by atoms with Crippen molar-refractivity contribution in [2.24, 2.45) is 14.1 Å². The summed E-state index contributed by atoms with van der Waals surface area (Å²) in [7, 11) is 3.41. The van der Waals surface area contributed by atoms with Gasteiger partial charge >= 0.3 is 0 Å². The second-order valence-electron chi connectivity index (χ2n) is 13.5. The van der Waals surface area contributed by atoms with Crippen LogP contribution in [0.4, 0.5) is 17.1 Å². The van der Waals surface area contributed by atoms with Crippen LogP contribution >= 0.6 is 22.9 Å². The van der Waals surface area contributed by atoms with E-state index in [0.29, 0.717) is 83.6 Å². The molecule has 2 fully saturated rings. The van der Waals surface area contributed by atoms with Crippen LogP contribution in [0.3, 0.4) is 0 Å². The number of halogens is 1. The molecule has 55 heavy (non-hydrogen) atoms. The predicted molar refractivity (Wildman–Crippen MR) is 213 cm³/mol. The summed E-state index contributed by atoms with van der Waals surface area (Å²) in [6.45, 7) is 8.56. The van der Waals surface area contributed by atoms with E-state index in [9.17, 15) is 19.2 Å². The third-order valence-corrected chi connectivity index (χ3v) is 11.4. The summed E-state index contributed by atoms with van der Waals surface area (Å²) in [6, 6.07) is 12.4. The first kappa shape index (κ1) is 38.3. The van der Waals surface area contributed by atoms with Gasteiger partial charge in [0.25, 0.3) is 23.6 Å². The number of amides is 4. The molecule has 17 heteroatoms. The Morgan fingerprint density at radius 2 is 1.20 bits per heavy atom. The number of anilines is 3. The fraction of sp³-hybridized carbons (Fsp3) is 0.368. The highest BCUT2D eigenvalue weighted by Crippen LogP contribution is 2.35. The molecular formula is C38H44ClN9O6S. The van der Waals surface area contributed by atoms with E-state index in [1.807, 2.05) is 28.8 Å². The third-order valence-electron chi connectivity index (χ3n) is 9.70. The Morgan fingerprint density at radius 1 is 0.673 bits per heavy atom. The molecule has 4 aromatic heterocycles. The highest BCUT2D eigenvalue weighted by Gasteiger charge is 2.22. The van der Waals surface area contributed by atoms with E-state index < -0.39 is 11.8 Å². The molecule has 4 amide bonds. The number of aryl methyl sites for hydroxylation is 2. The smallest absolute Gasteiger partial charge is 0.272 e. The van der Waals surface area contributed by atoms with Crippen molar-refractivity contribution < 1.29 is 28.7 Å².